The highest BCUT2D eigenvalue weighted by Crippen LogP contribution is 2.25. The monoisotopic (exact) mass is 349 g/mol. The molecule has 0 bridgehead atoms. The average Bonchev–Trinajstić information content (AvgIpc) is 2.80. The van der Waals surface area contributed by atoms with Crippen molar-refractivity contribution in [2.45, 2.75) is 12.2 Å². The summed E-state index contributed by atoms with van der Waals surface area (Å²) in [5.41, 5.74) is 1.71. The van der Waals surface area contributed by atoms with Gasteiger partial charge in [-0.2, -0.15) is 11.8 Å². The van der Waals surface area contributed by atoms with E-state index in [1.165, 1.54) is 0 Å². The minimum atomic E-state index is -0.196. The summed E-state index contributed by atoms with van der Waals surface area (Å²) in [5.74, 6) is 2.79. The molecular weight excluding hydrogens is 330 g/mol. The number of carbonyl (C=O) groups is 1. The third-order valence-electron chi connectivity index (χ3n) is 3.91. The van der Waals surface area contributed by atoms with Crippen LogP contribution in [0.4, 0.5) is 5.69 Å². The van der Waals surface area contributed by atoms with Gasteiger partial charge in [0.2, 0.25) is 5.91 Å². The Morgan fingerprint density at radius 1 is 1.26 bits per heavy atom. The van der Waals surface area contributed by atoms with Crippen molar-refractivity contribution in [1.82, 2.24) is 9.36 Å². The first kappa shape index (κ1) is 16.3. The van der Waals surface area contributed by atoms with Gasteiger partial charge in [0.15, 0.2) is 0 Å². The highest BCUT2D eigenvalue weighted by Gasteiger charge is 2.25. The summed E-state index contributed by atoms with van der Waals surface area (Å²) in [6.07, 6.45) is 0. The van der Waals surface area contributed by atoms with Crippen molar-refractivity contribution < 1.29 is 4.79 Å². The maximum atomic E-state index is 12.7. The van der Waals surface area contributed by atoms with Gasteiger partial charge in [0.1, 0.15) is 5.69 Å². The topological polar surface area (TPSA) is 56.0 Å². The van der Waals surface area contributed by atoms with Crippen LogP contribution in [-0.4, -0.2) is 37.8 Å². The number of nitrogens with one attached hydrogen (secondary N) is 1. The molecule has 122 valence electrons. The van der Waals surface area contributed by atoms with E-state index >= 15 is 0 Å². The normalized spacial score (nSPS) is 17.9. The molecule has 1 amide bonds. The Morgan fingerprint density at radius 2 is 2.00 bits per heavy atom. The average molecular weight is 349 g/mol. The van der Waals surface area contributed by atoms with Crippen molar-refractivity contribution in [3.63, 3.8) is 0 Å². The molecule has 2 aromatic rings. The van der Waals surface area contributed by atoms with E-state index in [9.17, 15) is 9.59 Å². The highest BCUT2D eigenvalue weighted by atomic mass is 32.2. The predicted molar refractivity (Wildman–Crippen MR) is 97.9 cm³/mol. The smallest absolute Gasteiger partial charge is 0.295 e. The summed E-state index contributed by atoms with van der Waals surface area (Å²) in [5, 5.41) is 2.77. The predicted octanol–water partition coefficient (Wildman–Crippen LogP) is 2.27. The third-order valence-corrected chi connectivity index (χ3v) is 6.66. The molecule has 1 aromatic heterocycles. The van der Waals surface area contributed by atoms with Crippen molar-refractivity contribution in [2.75, 3.05) is 22.6 Å². The number of anilines is 1. The van der Waals surface area contributed by atoms with Crippen LogP contribution in [0.15, 0.2) is 35.1 Å². The zero-order valence-electron chi connectivity index (χ0n) is 13.1. The van der Waals surface area contributed by atoms with Crippen LogP contribution in [0.2, 0.25) is 0 Å². The molecular formula is C16H19N3O2S2. The zero-order valence-corrected chi connectivity index (χ0v) is 14.7. The van der Waals surface area contributed by atoms with E-state index in [1.807, 2.05) is 44.3 Å². The fraction of sp³-hybridized carbons (Fsp3) is 0.375. The first-order valence-electron chi connectivity index (χ1n) is 7.44. The molecule has 1 fully saturated rings. The van der Waals surface area contributed by atoms with E-state index < -0.39 is 0 Å². The number of thioether (sulfide) groups is 2. The van der Waals surface area contributed by atoms with Gasteiger partial charge in [-0.3, -0.25) is 14.3 Å². The number of nitrogens with zero attached hydrogens (tertiary/aromatic N) is 2. The summed E-state index contributed by atoms with van der Waals surface area (Å²) < 4.78 is 3.35. The lowest BCUT2D eigenvalue weighted by Crippen LogP contribution is -2.32. The summed E-state index contributed by atoms with van der Waals surface area (Å²) in [4.78, 5) is 25.2. The Labute approximate surface area is 143 Å². The van der Waals surface area contributed by atoms with Crippen molar-refractivity contribution in [3.8, 4) is 5.69 Å². The second kappa shape index (κ2) is 6.88. The zero-order chi connectivity index (χ0) is 16.4. The van der Waals surface area contributed by atoms with Gasteiger partial charge in [-0.05, 0) is 19.1 Å². The van der Waals surface area contributed by atoms with Gasteiger partial charge in [-0.25, -0.2) is 4.68 Å². The Kier molecular flexibility index (Phi) is 4.87. The molecule has 0 spiro atoms. The van der Waals surface area contributed by atoms with E-state index in [4.69, 9.17) is 0 Å². The number of hydrogen-bond acceptors (Lipinski definition) is 4. The van der Waals surface area contributed by atoms with E-state index in [1.54, 1.807) is 32.9 Å². The lowest BCUT2D eigenvalue weighted by atomic mass is 10.3. The van der Waals surface area contributed by atoms with Crippen molar-refractivity contribution >= 4 is 35.1 Å². The fourth-order valence-corrected chi connectivity index (χ4v) is 5.11. The third kappa shape index (κ3) is 3.21. The molecule has 2 heterocycles. The second-order valence-electron chi connectivity index (χ2n) is 5.36. The molecule has 1 N–H and O–H groups in total. The minimum Gasteiger partial charge on any atom is -0.319 e. The summed E-state index contributed by atoms with van der Waals surface area (Å²) in [6, 6.07) is 9.43. The van der Waals surface area contributed by atoms with Crippen LogP contribution in [0.1, 0.15) is 5.69 Å². The van der Waals surface area contributed by atoms with Crippen LogP contribution in [0, 0.1) is 6.92 Å². The maximum absolute atomic E-state index is 12.7. The van der Waals surface area contributed by atoms with Gasteiger partial charge in [0.25, 0.3) is 5.56 Å². The highest BCUT2D eigenvalue weighted by molar-refractivity contribution is 8.07. The van der Waals surface area contributed by atoms with Crippen LogP contribution in [0.25, 0.3) is 5.69 Å². The number of benzene rings is 1. The van der Waals surface area contributed by atoms with E-state index in [-0.39, 0.29) is 16.7 Å². The van der Waals surface area contributed by atoms with Gasteiger partial charge in [-0.15, -0.1) is 11.8 Å². The summed E-state index contributed by atoms with van der Waals surface area (Å²) in [7, 11) is 1.82. The molecule has 5 nitrogen and oxygen atoms in total. The van der Waals surface area contributed by atoms with Gasteiger partial charge >= 0.3 is 0 Å². The number of carbonyl (C=O) groups excluding carboxylic acids is 1. The lowest BCUT2D eigenvalue weighted by Gasteiger charge is -2.19. The molecule has 1 aliphatic rings. The number of hydrogen-bond donors (Lipinski definition) is 1. The van der Waals surface area contributed by atoms with E-state index in [2.05, 4.69) is 5.32 Å². The summed E-state index contributed by atoms with van der Waals surface area (Å²) in [6.45, 7) is 1.85. The Morgan fingerprint density at radius 3 is 2.65 bits per heavy atom. The SMILES string of the molecule is Cc1c(NC(=O)C2CSCCS2)c(=O)n(-c2ccccc2)n1C. The second-order valence-corrected chi connectivity index (χ2v) is 7.82. The van der Waals surface area contributed by atoms with Crippen LogP contribution in [0.5, 0.6) is 0 Å². The maximum Gasteiger partial charge on any atom is 0.295 e. The first-order chi connectivity index (χ1) is 11.1. The van der Waals surface area contributed by atoms with Crippen LogP contribution in [-0.2, 0) is 11.8 Å². The molecule has 1 saturated heterocycles. The molecule has 23 heavy (non-hydrogen) atoms. The molecule has 1 atom stereocenters. The van der Waals surface area contributed by atoms with Gasteiger partial charge in [0, 0.05) is 24.3 Å². The number of rotatable bonds is 3. The fourth-order valence-electron chi connectivity index (χ4n) is 2.56. The number of amides is 1. The van der Waals surface area contributed by atoms with Gasteiger partial charge < -0.3 is 5.32 Å². The lowest BCUT2D eigenvalue weighted by molar-refractivity contribution is -0.115. The van der Waals surface area contributed by atoms with Gasteiger partial charge in [-0.1, -0.05) is 18.2 Å². The first-order valence-corrected chi connectivity index (χ1v) is 9.64. The Balaban J connectivity index is 1.92. The van der Waals surface area contributed by atoms with Crippen molar-refractivity contribution in [2.24, 2.45) is 7.05 Å². The van der Waals surface area contributed by atoms with E-state index in [0.29, 0.717) is 5.69 Å². The van der Waals surface area contributed by atoms with Crippen LogP contribution in [0.3, 0.4) is 0 Å². The molecule has 7 heteroatoms. The van der Waals surface area contributed by atoms with Gasteiger partial charge in [0.05, 0.1) is 16.6 Å². The number of para-hydroxylation sites is 1. The standard InChI is InChI=1S/C16H19N3O2S2/c1-11-14(17-15(20)13-10-22-8-9-23-13)16(21)19(18(11)2)12-6-4-3-5-7-12/h3-7,13H,8-10H2,1-2H3,(H,17,20). The molecule has 1 unspecified atom stereocenters. The summed E-state index contributed by atoms with van der Waals surface area (Å²) >= 11 is 3.45. The molecule has 0 saturated carbocycles. The number of aromatic nitrogens is 2. The molecule has 0 radical (unpaired) electrons. The molecule has 1 aliphatic heterocycles. The van der Waals surface area contributed by atoms with E-state index in [0.717, 1.165) is 28.6 Å². The van der Waals surface area contributed by atoms with Crippen molar-refractivity contribution in [3.05, 3.63) is 46.4 Å². The quantitative estimate of drug-likeness (QED) is 0.924. The van der Waals surface area contributed by atoms with Crippen LogP contribution < -0.4 is 10.9 Å². The molecule has 3 rings (SSSR count). The van der Waals surface area contributed by atoms with Crippen molar-refractivity contribution in [1.29, 1.82) is 0 Å². The largest absolute Gasteiger partial charge is 0.319 e. The minimum absolute atomic E-state index is 0.0757. The van der Waals surface area contributed by atoms with Crippen LogP contribution >= 0.6 is 23.5 Å². The molecule has 1 aromatic carbocycles. The Hall–Kier alpha value is -1.60. The Bertz CT molecular complexity index is 762. The molecule has 0 aliphatic carbocycles.